The predicted octanol–water partition coefficient (Wildman–Crippen LogP) is 0.922. The monoisotopic (exact) mass is 170 g/mol. The van der Waals surface area contributed by atoms with Gasteiger partial charge in [-0.25, -0.2) is 0 Å². The van der Waals surface area contributed by atoms with E-state index < -0.39 is 0 Å². The van der Waals surface area contributed by atoms with E-state index in [0.29, 0.717) is 6.04 Å². The number of aromatic nitrogens is 3. The lowest BCUT2D eigenvalue weighted by molar-refractivity contribution is 0.400. The molecule has 0 radical (unpaired) electrons. The highest BCUT2D eigenvalue weighted by Crippen LogP contribution is 2.27. The summed E-state index contributed by atoms with van der Waals surface area (Å²) in [5.74, 6) is 0. The first kappa shape index (κ1) is 6.97. The van der Waals surface area contributed by atoms with Crippen LogP contribution in [0.4, 0.5) is 5.13 Å². The first-order valence-electron chi connectivity index (χ1n) is 3.76. The largest absolute Gasteiger partial charge is 0.346 e. The third-order valence-electron chi connectivity index (χ3n) is 2.21. The minimum Gasteiger partial charge on any atom is -0.346 e. The fourth-order valence-corrected chi connectivity index (χ4v) is 1.69. The zero-order valence-corrected chi connectivity index (χ0v) is 7.21. The second kappa shape index (κ2) is 2.73. The van der Waals surface area contributed by atoms with E-state index in [2.05, 4.69) is 26.7 Å². The first-order valence-corrected chi connectivity index (χ1v) is 4.53. The summed E-state index contributed by atoms with van der Waals surface area (Å²) in [5.41, 5.74) is 0. The number of nitrogens with zero attached hydrogens (tertiary/aromatic N) is 4. The van der Waals surface area contributed by atoms with Crippen molar-refractivity contribution < 1.29 is 0 Å². The molecule has 0 unspecified atom stereocenters. The van der Waals surface area contributed by atoms with Crippen LogP contribution in [0.5, 0.6) is 0 Å². The van der Waals surface area contributed by atoms with E-state index in [1.165, 1.54) is 30.8 Å². The molecule has 0 atom stereocenters. The maximum atomic E-state index is 3.90. The summed E-state index contributed by atoms with van der Waals surface area (Å²) in [4.78, 5) is 2.17. The Labute approximate surface area is 69.4 Å². The molecule has 0 saturated heterocycles. The Bertz CT molecular complexity index is 218. The molecule has 1 aromatic rings. The molecule has 1 aliphatic rings. The van der Waals surface area contributed by atoms with Crippen molar-refractivity contribution in [3.8, 4) is 0 Å². The van der Waals surface area contributed by atoms with Crippen LogP contribution in [0, 0.1) is 0 Å². The van der Waals surface area contributed by atoms with Gasteiger partial charge in [0.2, 0.25) is 5.13 Å². The Morgan fingerprint density at radius 1 is 1.55 bits per heavy atom. The predicted molar refractivity (Wildman–Crippen MR) is 43.7 cm³/mol. The van der Waals surface area contributed by atoms with Crippen LogP contribution in [-0.2, 0) is 0 Å². The van der Waals surface area contributed by atoms with Crippen LogP contribution in [0.1, 0.15) is 19.3 Å². The highest BCUT2D eigenvalue weighted by atomic mass is 32.1. The van der Waals surface area contributed by atoms with Gasteiger partial charge in [0, 0.05) is 24.6 Å². The van der Waals surface area contributed by atoms with Crippen LogP contribution in [0.25, 0.3) is 0 Å². The molecule has 2 rings (SSSR count). The van der Waals surface area contributed by atoms with E-state index >= 15 is 0 Å². The minimum atomic E-state index is 0.685. The molecule has 1 aromatic heterocycles. The number of hydrogen-bond donors (Lipinski definition) is 0. The van der Waals surface area contributed by atoms with Gasteiger partial charge in [-0.1, -0.05) is 9.59 Å². The van der Waals surface area contributed by atoms with Crippen molar-refractivity contribution >= 4 is 16.7 Å². The van der Waals surface area contributed by atoms with Gasteiger partial charge in [-0.05, 0) is 24.5 Å². The second-order valence-electron chi connectivity index (χ2n) is 2.84. The third kappa shape index (κ3) is 1.20. The van der Waals surface area contributed by atoms with Crippen molar-refractivity contribution in [1.82, 2.24) is 14.8 Å². The molecular weight excluding hydrogens is 160 g/mol. The maximum Gasteiger partial charge on any atom is 0.227 e. The Hall–Kier alpha value is -0.710. The lowest BCUT2D eigenvalue weighted by Gasteiger charge is -2.33. The van der Waals surface area contributed by atoms with Crippen LogP contribution in [0.15, 0.2) is 0 Å². The lowest BCUT2D eigenvalue weighted by atomic mass is 9.92. The molecule has 1 aliphatic carbocycles. The van der Waals surface area contributed by atoms with Gasteiger partial charge in [-0.2, -0.15) is 0 Å². The van der Waals surface area contributed by atoms with Crippen LogP contribution in [0.2, 0.25) is 0 Å². The first-order chi connectivity index (χ1) is 5.38. The summed E-state index contributed by atoms with van der Waals surface area (Å²) in [6, 6.07) is 0.685. The van der Waals surface area contributed by atoms with Crippen molar-refractivity contribution in [3.05, 3.63) is 0 Å². The van der Waals surface area contributed by atoms with Gasteiger partial charge in [0.05, 0.1) is 0 Å². The quantitative estimate of drug-likeness (QED) is 0.662. The fraction of sp³-hybridized carbons (Fsp3) is 0.833. The van der Waals surface area contributed by atoms with Crippen LogP contribution in [0.3, 0.4) is 0 Å². The van der Waals surface area contributed by atoms with E-state index in [9.17, 15) is 0 Å². The van der Waals surface area contributed by atoms with Gasteiger partial charge >= 0.3 is 0 Å². The van der Waals surface area contributed by atoms with E-state index in [4.69, 9.17) is 0 Å². The van der Waals surface area contributed by atoms with Gasteiger partial charge in [-0.15, -0.1) is 0 Å². The highest BCUT2D eigenvalue weighted by molar-refractivity contribution is 7.09. The number of rotatable bonds is 2. The number of anilines is 1. The molecule has 1 fully saturated rings. The highest BCUT2D eigenvalue weighted by Gasteiger charge is 2.23. The summed E-state index contributed by atoms with van der Waals surface area (Å²) in [6.07, 6.45) is 3.92. The van der Waals surface area contributed by atoms with E-state index in [1.54, 1.807) is 0 Å². The molecule has 4 nitrogen and oxygen atoms in total. The molecule has 5 heteroatoms. The van der Waals surface area contributed by atoms with Gasteiger partial charge in [-0.3, -0.25) is 0 Å². The average molecular weight is 170 g/mol. The van der Waals surface area contributed by atoms with Gasteiger partial charge in [0.1, 0.15) is 0 Å². The van der Waals surface area contributed by atoms with Crippen molar-refractivity contribution in [2.24, 2.45) is 0 Å². The molecular formula is C6H10N4S. The number of hydrogen-bond acceptors (Lipinski definition) is 5. The minimum absolute atomic E-state index is 0.685. The molecule has 0 N–H and O–H groups in total. The van der Waals surface area contributed by atoms with Crippen molar-refractivity contribution in [3.63, 3.8) is 0 Å². The van der Waals surface area contributed by atoms with E-state index in [1.807, 2.05) is 0 Å². The Kier molecular flexibility index (Phi) is 1.73. The molecule has 1 heterocycles. The Morgan fingerprint density at radius 2 is 2.36 bits per heavy atom. The molecule has 0 aliphatic heterocycles. The standard InChI is InChI=1S/C6H10N4S/c1-10(5-3-2-4-5)6-7-8-9-11-6/h5H,2-4H2,1H3. The van der Waals surface area contributed by atoms with E-state index in [0.717, 1.165) is 5.13 Å². The molecule has 0 spiro atoms. The molecule has 0 amide bonds. The Morgan fingerprint density at radius 3 is 2.82 bits per heavy atom. The van der Waals surface area contributed by atoms with Gasteiger partial charge in [0.15, 0.2) is 0 Å². The van der Waals surface area contributed by atoms with Gasteiger partial charge < -0.3 is 4.90 Å². The zero-order chi connectivity index (χ0) is 7.68. The smallest absolute Gasteiger partial charge is 0.227 e. The van der Waals surface area contributed by atoms with Gasteiger partial charge in [0.25, 0.3) is 0 Å². The summed E-state index contributed by atoms with van der Waals surface area (Å²) in [7, 11) is 2.06. The topological polar surface area (TPSA) is 41.9 Å². The summed E-state index contributed by atoms with van der Waals surface area (Å²) in [6.45, 7) is 0. The molecule has 11 heavy (non-hydrogen) atoms. The molecule has 1 saturated carbocycles. The molecule has 0 bridgehead atoms. The maximum absolute atomic E-state index is 3.90. The molecule has 60 valence electrons. The Balaban J connectivity index is 2.04. The normalized spacial score (nSPS) is 17.9. The van der Waals surface area contributed by atoms with Crippen LogP contribution in [-0.4, -0.2) is 27.9 Å². The van der Waals surface area contributed by atoms with Crippen molar-refractivity contribution in [1.29, 1.82) is 0 Å². The summed E-state index contributed by atoms with van der Waals surface area (Å²) < 4.78 is 3.72. The third-order valence-corrected chi connectivity index (χ3v) is 2.90. The van der Waals surface area contributed by atoms with Crippen molar-refractivity contribution in [2.75, 3.05) is 11.9 Å². The zero-order valence-electron chi connectivity index (χ0n) is 6.40. The fourth-order valence-electron chi connectivity index (χ4n) is 1.19. The average Bonchev–Trinajstić information content (AvgIpc) is 2.32. The molecule has 0 aromatic carbocycles. The summed E-state index contributed by atoms with van der Waals surface area (Å²) >= 11 is 1.36. The summed E-state index contributed by atoms with van der Waals surface area (Å²) in [5, 5.41) is 8.40. The van der Waals surface area contributed by atoms with Crippen molar-refractivity contribution in [2.45, 2.75) is 25.3 Å². The van der Waals surface area contributed by atoms with Crippen LogP contribution >= 0.6 is 11.5 Å². The second-order valence-corrected chi connectivity index (χ2v) is 3.55. The SMILES string of the molecule is CN(c1nnns1)C1CCC1. The van der Waals surface area contributed by atoms with Crippen LogP contribution < -0.4 is 4.90 Å². The lowest BCUT2D eigenvalue weighted by Crippen LogP contribution is -2.36. The van der Waals surface area contributed by atoms with E-state index in [-0.39, 0.29) is 0 Å².